The number of thiazole rings is 1. The highest BCUT2D eigenvalue weighted by molar-refractivity contribution is 7.11. The van der Waals surface area contributed by atoms with Crippen LogP contribution in [0.3, 0.4) is 0 Å². The number of carbonyl (C=O) groups is 3. The van der Waals surface area contributed by atoms with Crippen LogP contribution in [0, 0.1) is 5.82 Å². The Kier molecular flexibility index (Phi) is 13.7. The van der Waals surface area contributed by atoms with E-state index in [1.54, 1.807) is 48.3 Å². The third-order valence-corrected chi connectivity index (χ3v) is 12.1. The summed E-state index contributed by atoms with van der Waals surface area (Å²) in [6, 6.07) is 10.8. The number of carbonyl (C=O) groups excluding carboxylic acids is 3. The predicted octanol–water partition coefficient (Wildman–Crippen LogP) is 9.43. The molecule has 1 fully saturated rings. The van der Waals surface area contributed by atoms with E-state index < -0.39 is 29.3 Å². The lowest BCUT2D eigenvalue weighted by molar-refractivity contribution is -0.130. The number of ether oxygens (including phenoxy) is 3. The van der Waals surface area contributed by atoms with Gasteiger partial charge in [0.15, 0.2) is 0 Å². The van der Waals surface area contributed by atoms with Crippen molar-refractivity contribution >= 4 is 40.3 Å². The first-order chi connectivity index (χ1) is 30.9. The van der Waals surface area contributed by atoms with E-state index in [1.165, 1.54) is 30.9 Å². The molecule has 16 nitrogen and oxygen atoms in total. The van der Waals surface area contributed by atoms with Crippen molar-refractivity contribution in [2.24, 2.45) is 0 Å². The van der Waals surface area contributed by atoms with Crippen LogP contribution in [0.2, 0.25) is 0 Å². The highest BCUT2D eigenvalue weighted by Gasteiger charge is 2.36. The number of alkyl carbamates (subject to hydrolysis) is 1. The molecule has 0 bridgehead atoms. The van der Waals surface area contributed by atoms with Crippen LogP contribution in [-0.4, -0.2) is 94.8 Å². The highest BCUT2D eigenvalue weighted by atomic mass is 32.1. The maximum atomic E-state index is 16.7. The minimum absolute atomic E-state index is 0.142. The SMILES string of the molecule is CCC.CCCN(Cc1ncc(-c2cc(F)c3c(c2)OC(c2cnc(C(C)(C)O)s2)n2c-3cc3cc(-c4cnc(C5CCCN5C(=O)OC(C)(C)C)[nH]4)ccc32)[nH]1)C(=O)CNC(=O)OC. The van der Waals surface area contributed by atoms with Gasteiger partial charge in [0.1, 0.15) is 46.0 Å². The number of hydrogen-bond acceptors (Lipinski definition) is 11. The molecular formula is C47H58FN9O7S. The molecule has 3 amide bonds. The lowest BCUT2D eigenvalue weighted by Crippen LogP contribution is -2.40. The van der Waals surface area contributed by atoms with Gasteiger partial charge in [-0.15, -0.1) is 11.3 Å². The molecule has 0 spiro atoms. The average molecular weight is 912 g/mol. The standard InChI is InChI=1S/C44H50FN9O7S.C3H8/c1-8-13-52(36(55)22-49-41(56)59-7)23-35-46-19-29(50-35)25-16-27(45)37-32-17-26-15-24(28-20-47-38(51-28)31-10-9-14-53(31)42(57)61-43(2,3)4)11-12-30(26)54(32)39(60-33(37)18-25)34-21-48-40(62-34)44(5,6)58;1-3-2/h11-12,15-21,31,39,58H,8-10,13-14,22-23H2,1-7H3,(H,46,50)(H,47,51)(H,49,56);3H2,1-2H3. The quantitative estimate of drug-likeness (QED) is 0.0973. The zero-order valence-corrected chi connectivity index (χ0v) is 39.2. The Bertz CT molecular complexity index is 2670. The molecular weight excluding hydrogens is 854 g/mol. The van der Waals surface area contributed by atoms with Crippen molar-refractivity contribution in [2.75, 3.05) is 26.7 Å². The van der Waals surface area contributed by atoms with Gasteiger partial charge in [0.05, 0.1) is 65.1 Å². The molecule has 0 aliphatic carbocycles. The Morgan fingerprint density at radius 2 is 1.74 bits per heavy atom. The Balaban J connectivity index is 0.00000204. The van der Waals surface area contributed by atoms with Gasteiger partial charge < -0.3 is 39.5 Å². The van der Waals surface area contributed by atoms with Gasteiger partial charge in [0, 0.05) is 35.8 Å². The Morgan fingerprint density at radius 3 is 2.43 bits per heavy atom. The number of amides is 3. The number of nitrogens with one attached hydrogen (secondary N) is 3. The largest absolute Gasteiger partial charge is 0.464 e. The molecule has 2 unspecified atom stereocenters. The number of nitrogens with zero attached hydrogens (tertiary/aromatic N) is 6. The van der Waals surface area contributed by atoms with E-state index >= 15 is 4.39 Å². The summed E-state index contributed by atoms with van der Waals surface area (Å²) in [6.07, 6.45) is 6.73. The number of benzene rings is 2. The topological polar surface area (TPSA) is 193 Å². The third kappa shape index (κ3) is 10.2. The third-order valence-electron chi connectivity index (χ3n) is 10.7. The number of aromatic nitrogens is 6. The lowest BCUT2D eigenvalue weighted by atomic mass is 10.0. The van der Waals surface area contributed by atoms with Crippen LogP contribution in [0.1, 0.15) is 115 Å². The van der Waals surface area contributed by atoms with Crippen molar-refractivity contribution in [1.82, 2.24) is 44.6 Å². The van der Waals surface area contributed by atoms with Gasteiger partial charge in [0.2, 0.25) is 12.1 Å². The molecule has 1 saturated heterocycles. The summed E-state index contributed by atoms with van der Waals surface area (Å²) in [5, 5.41) is 14.6. The predicted molar refractivity (Wildman–Crippen MR) is 246 cm³/mol. The summed E-state index contributed by atoms with van der Waals surface area (Å²) >= 11 is 1.31. The summed E-state index contributed by atoms with van der Waals surface area (Å²) in [7, 11) is 1.23. The molecule has 65 heavy (non-hydrogen) atoms. The first-order valence-corrected chi connectivity index (χ1v) is 22.8. The van der Waals surface area contributed by atoms with Crippen LogP contribution < -0.4 is 10.1 Å². The molecule has 0 radical (unpaired) electrons. The van der Waals surface area contributed by atoms with Crippen LogP contribution >= 0.6 is 11.3 Å². The highest BCUT2D eigenvalue weighted by Crippen LogP contribution is 2.48. The number of imidazole rings is 2. The van der Waals surface area contributed by atoms with Gasteiger partial charge in [-0.05, 0) is 84.2 Å². The molecule has 0 saturated carbocycles. The van der Waals surface area contributed by atoms with E-state index in [9.17, 15) is 19.5 Å². The first kappa shape index (κ1) is 46.7. The second kappa shape index (κ2) is 19.1. The monoisotopic (exact) mass is 911 g/mol. The van der Waals surface area contributed by atoms with Crippen molar-refractivity contribution in [3.63, 3.8) is 0 Å². The fourth-order valence-corrected chi connectivity index (χ4v) is 8.81. The van der Waals surface area contributed by atoms with Crippen molar-refractivity contribution < 1.29 is 38.1 Å². The second-order valence-corrected chi connectivity index (χ2v) is 18.8. The number of likely N-dealkylation sites (tertiary alicyclic amines) is 1. The smallest absolute Gasteiger partial charge is 0.410 e. The number of halogens is 1. The molecule has 2 atom stereocenters. The van der Waals surface area contributed by atoms with E-state index in [1.807, 2.05) is 56.5 Å². The van der Waals surface area contributed by atoms with Gasteiger partial charge in [-0.1, -0.05) is 33.3 Å². The second-order valence-electron chi connectivity index (χ2n) is 17.7. The fourth-order valence-electron chi connectivity index (χ4n) is 7.88. The molecule has 346 valence electrons. The number of aliphatic hydroxyl groups is 1. The Labute approximate surface area is 381 Å². The normalized spacial score (nSPS) is 15.7. The van der Waals surface area contributed by atoms with Gasteiger partial charge in [0.25, 0.3) is 0 Å². The summed E-state index contributed by atoms with van der Waals surface area (Å²) in [4.78, 5) is 61.9. The molecule has 2 aromatic carbocycles. The summed E-state index contributed by atoms with van der Waals surface area (Å²) < 4.78 is 35.6. The molecule has 2 aliphatic rings. The van der Waals surface area contributed by atoms with Gasteiger partial charge in [-0.25, -0.2) is 28.9 Å². The minimum Gasteiger partial charge on any atom is -0.464 e. The van der Waals surface area contributed by atoms with Gasteiger partial charge in [-0.3, -0.25) is 14.3 Å². The summed E-state index contributed by atoms with van der Waals surface area (Å²) in [5.74, 6) is 0.633. The molecule has 6 heterocycles. The van der Waals surface area contributed by atoms with Crippen molar-refractivity contribution in [3.05, 3.63) is 82.3 Å². The Morgan fingerprint density at radius 1 is 1.00 bits per heavy atom. The Hall–Kier alpha value is -6.27. The maximum Gasteiger partial charge on any atom is 0.410 e. The van der Waals surface area contributed by atoms with Gasteiger partial charge >= 0.3 is 12.2 Å². The zero-order chi connectivity index (χ0) is 46.8. The van der Waals surface area contributed by atoms with Crippen molar-refractivity contribution in [1.29, 1.82) is 0 Å². The number of methoxy groups -OCH3 is 1. The number of aromatic amines is 2. The van der Waals surface area contributed by atoms with E-state index in [0.717, 1.165) is 35.0 Å². The number of hydrogen-bond donors (Lipinski definition) is 4. The van der Waals surface area contributed by atoms with Crippen LogP contribution in [0.5, 0.6) is 5.75 Å². The first-order valence-electron chi connectivity index (χ1n) is 22.0. The molecule has 6 aromatic rings. The lowest BCUT2D eigenvalue weighted by Gasteiger charge is -2.29. The summed E-state index contributed by atoms with van der Waals surface area (Å²) in [6.45, 7) is 16.0. The van der Waals surface area contributed by atoms with Gasteiger partial charge in [-0.2, -0.15) is 0 Å². The van der Waals surface area contributed by atoms with Crippen LogP contribution in [-0.2, 0) is 26.4 Å². The molecule has 18 heteroatoms. The number of fused-ring (bicyclic) bond motifs is 5. The van der Waals surface area contributed by atoms with Crippen molar-refractivity contribution in [3.8, 4) is 39.5 Å². The molecule has 2 aliphatic heterocycles. The van der Waals surface area contributed by atoms with Crippen LogP contribution in [0.25, 0.3) is 44.7 Å². The molecule has 4 aromatic heterocycles. The van der Waals surface area contributed by atoms with E-state index in [-0.39, 0.29) is 36.7 Å². The molecule has 4 N–H and O–H groups in total. The maximum absolute atomic E-state index is 16.7. The van der Waals surface area contributed by atoms with E-state index in [0.29, 0.717) is 63.7 Å². The number of rotatable bonds is 11. The number of H-pyrrole nitrogens is 2. The minimum atomic E-state index is -1.19. The van der Waals surface area contributed by atoms with Crippen LogP contribution in [0.15, 0.2) is 55.0 Å². The van der Waals surface area contributed by atoms with Crippen molar-refractivity contribution in [2.45, 2.75) is 111 Å². The van der Waals surface area contributed by atoms with E-state index in [2.05, 4.69) is 43.8 Å². The zero-order valence-electron chi connectivity index (χ0n) is 38.4. The van der Waals surface area contributed by atoms with E-state index in [4.69, 9.17) is 14.5 Å². The summed E-state index contributed by atoms with van der Waals surface area (Å²) in [5.41, 5.74) is 2.47. The van der Waals surface area contributed by atoms with Crippen LogP contribution in [0.4, 0.5) is 14.0 Å². The average Bonchev–Trinajstić information content (AvgIpc) is 4.10. The fraction of sp³-hybridized carbons (Fsp3) is 0.447. The molecule has 8 rings (SSSR count).